The molecule has 2 aromatic carbocycles. The molecular weight excluding hydrogens is 390 g/mol. The van der Waals surface area contributed by atoms with Crippen LogP contribution in [0.5, 0.6) is 0 Å². The standard InChI is InChI=1S/C24H29N5O2/c1-18(27-12-14-28(15-13-27)20-8-4-3-5-9-20)16-25-23(30)17-29-24(31)22-11-7-6-10-21(22)19(2)26-29/h3-11,18H,12-17H2,1-2H3,(H,25,30). The van der Waals surface area contributed by atoms with E-state index in [2.05, 4.69) is 51.4 Å². The maximum Gasteiger partial charge on any atom is 0.275 e. The number of carbonyl (C=O) groups excluding carboxylic acids is 1. The number of amides is 1. The number of hydrogen-bond donors (Lipinski definition) is 1. The summed E-state index contributed by atoms with van der Waals surface area (Å²) < 4.78 is 1.26. The Morgan fingerprint density at radius 2 is 1.65 bits per heavy atom. The van der Waals surface area contributed by atoms with Crippen LogP contribution in [-0.4, -0.2) is 59.4 Å². The lowest BCUT2D eigenvalue weighted by molar-refractivity contribution is -0.122. The minimum Gasteiger partial charge on any atom is -0.369 e. The molecule has 1 unspecified atom stereocenters. The van der Waals surface area contributed by atoms with E-state index in [1.54, 1.807) is 6.07 Å². The largest absolute Gasteiger partial charge is 0.369 e. The van der Waals surface area contributed by atoms with Crippen LogP contribution in [0.1, 0.15) is 12.6 Å². The molecule has 0 bridgehead atoms. The van der Waals surface area contributed by atoms with Crippen molar-refractivity contribution in [2.45, 2.75) is 26.4 Å². The van der Waals surface area contributed by atoms with Crippen molar-refractivity contribution in [2.24, 2.45) is 0 Å². The van der Waals surface area contributed by atoms with Crippen molar-refractivity contribution in [2.75, 3.05) is 37.6 Å². The Bertz CT molecular complexity index is 1100. The molecule has 0 spiro atoms. The Kier molecular flexibility index (Phi) is 6.32. The molecule has 0 saturated carbocycles. The van der Waals surface area contributed by atoms with Crippen LogP contribution < -0.4 is 15.8 Å². The second-order valence-corrected chi connectivity index (χ2v) is 8.11. The van der Waals surface area contributed by atoms with E-state index < -0.39 is 0 Å². The number of nitrogens with one attached hydrogen (secondary N) is 1. The van der Waals surface area contributed by atoms with Crippen LogP contribution in [-0.2, 0) is 11.3 Å². The van der Waals surface area contributed by atoms with Crippen molar-refractivity contribution >= 4 is 22.4 Å². The molecule has 1 aliphatic heterocycles. The van der Waals surface area contributed by atoms with Crippen molar-refractivity contribution in [3.05, 3.63) is 70.6 Å². The Morgan fingerprint density at radius 1 is 1.00 bits per heavy atom. The first-order valence-corrected chi connectivity index (χ1v) is 10.8. The summed E-state index contributed by atoms with van der Waals surface area (Å²) in [5.74, 6) is -0.195. The molecule has 0 aliphatic carbocycles. The number of hydrogen-bond acceptors (Lipinski definition) is 5. The van der Waals surface area contributed by atoms with E-state index >= 15 is 0 Å². The van der Waals surface area contributed by atoms with Crippen LogP contribution in [0.25, 0.3) is 10.8 Å². The SMILES string of the molecule is Cc1nn(CC(=O)NCC(C)N2CCN(c3ccccc3)CC2)c(=O)c2ccccc12. The fourth-order valence-electron chi connectivity index (χ4n) is 4.15. The van der Waals surface area contributed by atoms with Gasteiger partial charge in [-0.15, -0.1) is 0 Å². The third-order valence-electron chi connectivity index (χ3n) is 6.00. The maximum absolute atomic E-state index is 12.7. The zero-order chi connectivity index (χ0) is 21.8. The number of aromatic nitrogens is 2. The van der Waals surface area contributed by atoms with Crippen LogP contribution in [0.3, 0.4) is 0 Å². The molecule has 1 amide bonds. The molecule has 162 valence electrons. The molecule has 1 aromatic heterocycles. The minimum atomic E-state index is -0.235. The van der Waals surface area contributed by atoms with Gasteiger partial charge in [-0.3, -0.25) is 14.5 Å². The van der Waals surface area contributed by atoms with Gasteiger partial charge in [0.2, 0.25) is 5.91 Å². The van der Waals surface area contributed by atoms with Crippen LogP contribution in [0.15, 0.2) is 59.4 Å². The van der Waals surface area contributed by atoms with Crippen LogP contribution in [0.4, 0.5) is 5.69 Å². The van der Waals surface area contributed by atoms with Gasteiger partial charge in [0, 0.05) is 49.8 Å². The lowest BCUT2D eigenvalue weighted by Gasteiger charge is -2.39. The van der Waals surface area contributed by atoms with Gasteiger partial charge in [0.25, 0.3) is 5.56 Å². The first-order valence-electron chi connectivity index (χ1n) is 10.8. The molecule has 0 radical (unpaired) electrons. The third-order valence-corrected chi connectivity index (χ3v) is 6.00. The lowest BCUT2D eigenvalue weighted by Crippen LogP contribution is -2.52. The zero-order valence-corrected chi connectivity index (χ0v) is 18.1. The average Bonchev–Trinajstić information content (AvgIpc) is 2.81. The van der Waals surface area contributed by atoms with E-state index in [-0.39, 0.29) is 24.1 Å². The highest BCUT2D eigenvalue weighted by atomic mass is 16.2. The Balaban J connectivity index is 1.30. The number of fused-ring (bicyclic) bond motifs is 1. The summed E-state index contributed by atoms with van der Waals surface area (Å²) in [5.41, 5.74) is 1.76. The maximum atomic E-state index is 12.7. The minimum absolute atomic E-state index is 0.0704. The van der Waals surface area contributed by atoms with E-state index in [1.165, 1.54) is 10.4 Å². The third kappa shape index (κ3) is 4.77. The molecule has 1 fully saturated rings. The number of benzene rings is 2. The molecule has 2 heterocycles. The molecule has 4 rings (SSSR count). The topological polar surface area (TPSA) is 70.5 Å². The van der Waals surface area contributed by atoms with Crippen molar-refractivity contribution < 1.29 is 4.79 Å². The average molecular weight is 420 g/mol. The van der Waals surface area contributed by atoms with E-state index in [4.69, 9.17) is 0 Å². The summed E-state index contributed by atoms with van der Waals surface area (Å²) in [6, 6.07) is 18.0. The summed E-state index contributed by atoms with van der Waals surface area (Å²) in [6.45, 7) is 8.31. The molecule has 1 saturated heterocycles. The van der Waals surface area contributed by atoms with E-state index in [0.717, 1.165) is 37.3 Å². The normalized spacial score (nSPS) is 15.7. The molecule has 3 aromatic rings. The van der Waals surface area contributed by atoms with Gasteiger partial charge in [-0.05, 0) is 32.0 Å². The molecule has 1 aliphatic rings. The predicted molar refractivity (Wildman–Crippen MR) is 123 cm³/mol. The number of piperazine rings is 1. The highest BCUT2D eigenvalue weighted by Gasteiger charge is 2.21. The fourth-order valence-corrected chi connectivity index (χ4v) is 4.15. The number of nitrogens with zero attached hydrogens (tertiary/aromatic N) is 4. The second kappa shape index (κ2) is 9.31. The quantitative estimate of drug-likeness (QED) is 0.662. The monoisotopic (exact) mass is 419 g/mol. The number of rotatable bonds is 6. The summed E-state index contributed by atoms with van der Waals surface area (Å²) in [6.07, 6.45) is 0. The van der Waals surface area contributed by atoms with E-state index in [1.807, 2.05) is 31.2 Å². The Hall–Kier alpha value is -3.19. The molecule has 7 heteroatoms. The van der Waals surface area contributed by atoms with Crippen molar-refractivity contribution in [3.63, 3.8) is 0 Å². The summed E-state index contributed by atoms with van der Waals surface area (Å²) in [5, 5.41) is 8.71. The van der Waals surface area contributed by atoms with Crippen molar-refractivity contribution in [1.82, 2.24) is 20.0 Å². The summed E-state index contributed by atoms with van der Waals surface area (Å²) in [7, 11) is 0. The van der Waals surface area contributed by atoms with Gasteiger partial charge in [-0.25, -0.2) is 4.68 Å². The zero-order valence-electron chi connectivity index (χ0n) is 18.1. The Morgan fingerprint density at radius 3 is 2.35 bits per heavy atom. The van der Waals surface area contributed by atoms with Crippen LogP contribution >= 0.6 is 0 Å². The van der Waals surface area contributed by atoms with Gasteiger partial charge >= 0.3 is 0 Å². The lowest BCUT2D eigenvalue weighted by atomic mass is 10.1. The van der Waals surface area contributed by atoms with Gasteiger partial charge in [0.05, 0.1) is 11.1 Å². The number of para-hydroxylation sites is 1. The van der Waals surface area contributed by atoms with Crippen molar-refractivity contribution in [1.29, 1.82) is 0 Å². The molecule has 1 N–H and O–H groups in total. The highest BCUT2D eigenvalue weighted by molar-refractivity contribution is 5.83. The summed E-state index contributed by atoms with van der Waals surface area (Å²) >= 11 is 0. The van der Waals surface area contributed by atoms with Gasteiger partial charge in [-0.1, -0.05) is 36.4 Å². The first kappa shape index (κ1) is 21.1. The second-order valence-electron chi connectivity index (χ2n) is 8.11. The predicted octanol–water partition coefficient (Wildman–Crippen LogP) is 2.03. The van der Waals surface area contributed by atoms with Crippen LogP contribution in [0.2, 0.25) is 0 Å². The van der Waals surface area contributed by atoms with Gasteiger partial charge in [0.15, 0.2) is 0 Å². The Labute approximate surface area is 182 Å². The molecule has 1 atom stereocenters. The molecule has 31 heavy (non-hydrogen) atoms. The number of carbonyl (C=O) groups is 1. The first-order chi connectivity index (χ1) is 15.0. The van der Waals surface area contributed by atoms with Crippen molar-refractivity contribution in [3.8, 4) is 0 Å². The molecule has 7 nitrogen and oxygen atoms in total. The number of aryl methyl sites for hydroxylation is 1. The van der Waals surface area contributed by atoms with E-state index in [9.17, 15) is 9.59 Å². The van der Waals surface area contributed by atoms with Crippen LogP contribution in [0, 0.1) is 6.92 Å². The highest BCUT2D eigenvalue weighted by Crippen LogP contribution is 2.16. The van der Waals surface area contributed by atoms with Gasteiger partial charge in [0.1, 0.15) is 6.54 Å². The van der Waals surface area contributed by atoms with Gasteiger partial charge in [-0.2, -0.15) is 5.10 Å². The smallest absolute Gasteiger partial charge is 0.275 e. The van der Waals surface area contributed by atoms with Gasteiger partial charge < -0.3 is 10.2 Å². The fraction of sp³-hybridized carbons (Fsp3) is 0.375. The van der Waals surface area contributed by atoms with E-state index in [0.29, 0.717) is 11.9 Å². The number of anilines is 1. The summed E-state index contributed by atoms with van der Waals surface area (Å²) in [4.78, 5) is 29.9. The molecular formula is C24H29N5O2.